The van der Waals surface area contributed by atoms with E-state index in [1.807, 2.05) is 7.05 Å². The van der Waals surface area contributed by atoms with E-state index in [4.69, 9.17) is 0 Å². The quantitative estimate of drug-likeness (QED) is 0.457. The van der Waals surface area contributed by atoms with Crippen LogP contribution in [0, 0.1) is 6.92 Å². The third-order valence-electron chi connectivity index (χ3n) is 4.50. The maximum Gasteiger partial charge on any atom is 0.191 e. The van der Waals surface area contributed by atoms with E-state index >= 15 is 0 Å². The van der Waals surface area contributed by atoms with Crippen molar-refractivity contribution in [2.24, 2.45) is 4.99 Å². The van der Waals surface area contributed by atoms with E-state index in [9.17, 15) is 0 Å². The molecule has 0 bridgehead atoms. The maximum absolute atomic E-state index is 4.34. The predicted molar refractivity (Wildman–Crippen MR) is 101 cm³/mol. The van der Waals surface area contributed by atoms with Crippen LogP contribution in [-0.2, 0) is 6.54 Å². The lowest BCUT2D eigenvalue weighted by atomic mass is 10.1. The van der Waals surface area contributed by atoms with Crippen molar-refractivity contribution in [2.45, 2.75) is 50.2 Å². The molecular weight excluding hydrogens is 304 g/mol. The normalized spacial score (nSPS) is 16.5. The molecule has 1 atom stereocenters. The Morgan fingerprint density at radius 1 is 1.39 bits per heavy atom. The van der Waals surface area contributed by atoms with Gasteiger partial charge in [-0.05, 0) is 57.2 Å². The highest BCUT2D eigenvalue weighted by molar-refractivity contribution is 7.98. The van der Waals surface area contributed by atoms with Crippen molar-refractivity contribution in [3.8, 4) is 0 Å². The van der Waals surface area contributed by atoms with Crippen LogP contribution in [-0.4, -0.2) is 49.8 Å². The fourth-order valence-electron chi connectivity index (χ4n) is 2.63. The highest BCUT2D eigenvalue weighted by Gasteiger charge is 2.28. The molecule has 2 N–H and O–H groups in total. The van der Waals surface area contributed by atoms with Gasteiger partial charge in [0.1, 0.15) is 0 Å². The van der Waals surface area contributed by atoms with Gasteiger partial charge in [-0.1, -0.05) is 12.1 Å². The molecule has 23 heavy (non-hydrogen) atoms. The summed E-state index contributed by atoms with van der Waals surface area (Å²) in [5.41, 5.74) is 2.62. The standard InChI is InChI=1S/C18H30N4S/c1-13-6-7-15(17(10-13)23-5)12-21-18(19-3)20-11-14(2)22(4)16-8-9-16/h6-7,10,14,16H,8-9,11-12H2,1-5H3,(H2,19,20,21). The Balaban J connectivity index is 1.83. The summed E-state index contributed by atoms with van der Waals surface area (Å²) in [5, 5.41) is 6.87. The molecule has 1 aliphatic carbocycles. The molecule has 0 radical (unpaired) electrons. The lowest BCUT2D eigenvalue weighted by Gasteiger charge is -2.25. The Morgan fingerprint density at radius 2 is 2.13 bits per heavy atom. The molecule has 128 valence electrons. The number of hydrogen-bond donors (Lipinski definition) is 2. The molecule has 0 saturated heterocycles. The van der Waals surface area contributed by atoms with Crippen molar-refractivity contribution < 1.29 is 0 Å². The van der Waals surface area contributed by atoms with Crippen LogP contribution in [0.5, 0.6) is 0 Å². The summed E-state index contributed by atoms with van der Waals surface area (Å²) in [7, 11) is 4.05. The van der Waals surface area contributed by atoms with Crippen molar-refractivity contribution in [2.75, 3.05) is 26.9 Å². The second-order valence-corrected chi connectivity index (χ2v) is 7.22. The summed E-state index contributed by atoms with van der Waals surface area (Å²) in [6, 6.07) is 7.91. The molecule has 5 heteroatoms. The van der Waals surface area contributed by atoms with Gasteiger partial charge in [0.15, 0.2) is 5.96 Å². The minimum Gasteiger partial charge on any atom is -0.355 e. The molecule has 1 aromatic rings. The second-order valence-electron chi connectivity index (χ2n) is 6.37. The molecule has 0 aromatic heterocycles. The van der Waals surface area contributed by atoms with Gasteiger partial charge in [0.25, 0.3) is 0 Å². The molecule has 0 spiro atoms. The summed E-state index contributed by atoms with van der Waals surface area (Å²) in [5.74, 6) is 0.869. The molecule has 0 heterocycles. The van der Waals surface area contributed by atoms with E-state index in [0.29, 0.717) is 6.04 Å². The van der Waals surface area contributed by atoms with Crippen LogP contribution in [0.1, 0.15) is 30.9 Å². The first-order chi connectivity index (χ1) is 11.0. The third-order valence-corrected chi connectivity index (χ3v) is 5.32. The monoisotopic (exact) mass is 334 g/mol. The number of likely N-dealkylation sites (N-methyl/N-ethyl adjacent to an activating group) is 1. The highest BCUT2D eigenvalue weighted by Crippen LogP contribution is 2.26. The Hall–Kier alpha value is -1.20. The SMILES string of the molecule is CN=C(NCc1ccc(C)cc1SC)NCC(C)N(C)C1CC1. The zero-order valence-electron chi connectivity index (χ0n) is 15.0. The van der Waals surface area contributed by atoms with Gasteiger partial charge in [0.2, 0.25) is 0 Å². The largest absolute Gasteiger partial charge is 0.355 e. The summed E-state index contributed by atoms with van der Waals surface area (Å²) in [4.78, 5) is 8.13. The highest BCUT2D eigenvalue weighted by atomic mass is 32.2. The zero-order chi connectivity index (χ0) is 16.8. The van der Waals surface area contributed by atoms with Crippen LogP contribution < -0.4 is 10.6 Å². The Labute approximate surface area is 145 Å². The number of aliphatic imine (C=N–C) groups is 1. The number of benzene rings is 1. The van der Waals surface area contributed by atoms with E-state index in [1.165, 1.54) is 28.9 Å². The Kier molecular flexibility index (Phi) is 6.78. The van der Waals surface area contributed by atoms with Crippen LogP contribution >= 0.6 is 11.8 Å². The number of aryl methyl sites for hydroxylation is 1. The van der Waals surface area contributed by atoms with Gasteiger partial charge in [-0.15, -0.1) is 11.8 Å². The molecule has 4 nitrogen and oxygen atoms in total. The van der Waals surface area contributed by atoms with Crippen LogP contribution in [0.4, 0.5) is 0 Å². The van der Waals surface area contributed by atoms with E-state index in [2.05, 4.69) is 65.9 Å². The van der Waals surface area contributed by atoms with Crippen LogP contribution in [0.2, 0.25) is 0 Å². The van der Waals surface area contributed by atoms with E-state index in [1.54, 1.807) is 11.8 Å². The first-order valence-corrected chi connectivity index (χ1v) is 9.57. The number of hydrogen-bond acceptors (Lipinski definition) is 3. The number of nitrogens with zero attached hydrogens (tertiary/aromatic N) is 2. The summed E-state index contributed by atoms with van der Waals surface area (Å²) in [6.07, 6.45) is 4.82. The first-order valence-electron chi connectivity index (χ1n) is 8.35. The molecule has 1 unspecified atom stereocenters. The maximum atomic E-state index is 4.34. The number of rotatable bonds is 7. The van der Waals surface area contributed by atoms with E-state index in [0.717, 1.165) is 25.1 Å². The van der Waals surface area contributed by atoms with Gasteiger partial charge in [0, 0.05) is 37.1 Å². The van der Waals surface area contributed by atoms with E-state index < -0.39 is 0 Å². The molecule has 0 amide bonds. The molecule has 0 aliphatic heterocycles. The van der Waals surface area contributed by atoms with Crippen molar-refractivity contribution in [3.05, 3.63) is 29.3 Å². The lowest BCUT2D eigenvalue weighted by Crippen LogP contribution is -2.45. The van der Waals surface area contributed by atoms with Gasteiger partial charge in [-0.2, -0.15) is 0 Å². The molecule has 1 aliphatic rings. The van der Waals surface area contributed by atoms with Gasteiger partial charge in [0.05, 0.1) is 0 Å². The molecule has 1 aromatic carbocycles. The number of guanidine groups is 1. The van der Waals surface area contributed by atoms with Crippen molar-refractivity contribution >= 4 is 17.7 Å². The molecular formula is C18H30N4S. The summed E-state index contributed by atoms with van der Waals surface area (Å²) in [6.45, 7) is 6.11. The van der Waals surface area contributed by atoms with Gasteiger partial charge in [-0.3, -0.25) is 9.89 Å². The smallest absolute Gasteiger partial charge is 0.191 e. The average Bonchev–Trinajstić information content (AvgIpc) is 3.39. The Morgan fingerprint density at radius 3 is 2.74 bits per heavy atom. The summed E-state index contributed by atoms with van der Waals surface area (Å²) >= 11 is 1.79. The minimum absolute atomic E-state index is 0.516. The summed E-state index contributed by atoms with van der Waals surface area (Å²) < 4.78 is 0. The zero-order valence-corrected chi connectivity index (χ0v) is 15.8. The lowest BCUT2D eigenvalue weighted by molar-refractivity contribution is 0.247. The minimum atomic E-state index is 0.516. The van der Waals surface area contributed by atoms with Crippen LogP contribution in [0.3, 0.4) is 0 Å². The van der Waals surface area contributed by atoms with Crippen molar-refractivity contribution in [1.29, 1.82) is 0 Å². The van der Waals surface area contributed by atoms with Crippen LogP contribution in [0.15, 0.2) is 28.1 Å². The van der Waals surface area contributed by atoms with Crippen molar-refractivity contribution in [3.63, 3.8) is 0 Å². The number of thioether (sulfide) groups is 1. The molecule has 1 saturated carbocycles. The fourth-order valence-corrected chi connectivity index (χ4v) is 3.33. The first kappa shape index (κ1) is 18.1. The topological polar surface area (TPSA) is 39.7 Å². The average molecular weight is 335 g/mol. The van der Waals surface area contributed by atoms with Gasteiger partial charge in [-0.25, -0.2) is 0 Å². The molecule has 2 rings (SSSR count). The molecule has 1 fully saturated rings. The van der Waals surface area contributed by atoms with Crippen molar-refractivity contribution in [1.82, 2.24) is 15.5 Å². The Bertz CT molecular complexity index is 540. The van der Waals surface area contributed by atoms with Gasteiger partial charge >= 0.3 is 0 Å². The van der Waals surface area contributed by atoms with Crippen LogP contribution in [0.25, 0.3) is 0 Å². The predicted octanol–water partition coefficient (Wildman–Crippen LogP) is 2.86. The fraction of sp³-hybridized carbons (Fsp3) is 0.611. The van der Waals surface area contributed by atoms with E-state index in [-0.39, 0.29) is 0 Å². The second kappa shape index (κ2) is 8.60. The van der Waals surface area contributed by atoms with Gasteiger partial charge < -0.3 is 10.6 Å². The third kappa shape index (κ3) is 5.43. The number of nitrogens with one attached hydrogen (secondary N) is 2.